The van der Waals surface area contributed by atoms with Crippen LogP contribution in [0.15, 0.2) is 60.7 Å². The standard InChI is InChI=1S/C22H29N3O3/c26-20(18-28-21-9-5-2-6-10-21)16-24-11-13-25(14-12-24)17-22(27)23-15-19-7-3-1-4-8-19/h1-10,20,26H,11-18H2,(H,23,27). The lowest BCUT2D eigenvalue weighted by molar-refractivity contribution is -0.122. The molecule has 0 aromatic heterocycles. The lowest BCUT2D eigenvalue weighted by atomic mass is 10.2. The number of hydrogen-bond donors (Lipinski definition) is 2. The number of β-amino-alcohol motifs (C(OH)–C–C–N with tert-alkyl or cyclic N) is 1. The fourth-order valence-electron chi connectivity index (χ4n) is 3.25. The van der Waals surface area contributed by atoms with Crippen molar-refractivity contribution in [3.05, 3.63) is 66.2 Å². The van der Waals surface area contributed by atoms with Crippen molar-refractivity contribution in [1.29, 1.82) is 0 Å². The summed E-state index contributed by atoms with van der Waals surface area (Å²) in [6, 6.07) is 19.5. The smallest absolute Gasteiger partial charge is 0.234 e. The molecule has 0 spiro atoms. The summed E-state index contributed by atoms with van der Waals surface area (Å²) < 4.78 is 5.61. The molecular formula is C22H29N3O3. The van der Waals surface area contributed by atoms with Crippen molar-refractivity contribution < 1.29 is 14.6 Å². The zero-order chi connectivity index (χ0) is 19.6. The Labute approximate surface area is 166 Å². The average Bonchev–Trinajstić information content (AvgIpc) is 2.74. The van der Waals surface area contributed by atoms with Crippen LogP contribution >= 0.6 is 0 Å². The lowest BCUT2D eigenvalue weighted by Gasteiger charge is -2.35. The molecule has 150 valence electrons. The largest absolute Gasteiger partial charge is 0.491 e. The summed E-state index contributed by atoms with van der Waals surface area (Å²) in [5.74, 6) is 0.821. The zero-order valence-electron chi connectivity index (χ0n) is 16.2. The van der Waals surface area contributed by atoms with Crippen molar-refractivity contribution in [2.75, 3.05) is 45.9 Å². The van der Waals surface area contributed by atoms with Crippen LogP contribution in [0, 0.1) is 0 Å². The predicted molar refractivity (Wildman–Crippen MR) is 109 cm³/mol. The van der Waals surface area contributed by atoms with E-state index in [1.54, 1.807) is 0 Å². The van der Waals surface area contributed by atoms with Crippen LogP contribution in [-0.2, 0) is 11.3 Å². The number of carbonyl (C=O) groups excluding carboxylic acids is 1. The Kier molecular flexibility index (Phi) is 7.84. The number of para-hydroxylation sites is 1. The highest BCUT2D eigenvalue weighted by atomic mass is 16.5. The van der Waals surface area contributed by atoms with Gasteiger partial charge in [-0.1, -0.05) is 48.5 Å². The molecule has 6 nitrogen and oxygen atoms in total. The van der Waals surface area contributed by atoms with E-state index < -0.39 is 6.10 Å². The molecule has 0 radical (unpaired) electrons. The van der Waals surface area contributed by atoms with Gasteiger partial charge in [-0.3, -0.25) is 14.6 Å². The third-order valence-electron chi connectivity index (χ3n) is 4.82. The highest BCUT2D eigenvalue weighted by Gasteiger charge is 2.21. The zero-order valence-corrected chi connectivity index (χ0v) is 16.2. The molecule has 28 heavy (non-hydrogen) atoms. The van der Waals surface area contributed by atoms with Crippen LogP contribution in [0.4, 0.5) is 0 Å². The highest BCUT2D eigenvalue weighted by molar-refractivity contribution is 5.78. The second kappa shape index (κ2) is 10.8. The summed E-state index contributed by atoms with van der Waals surface area (Å²) >= 11 is 0. The number of ether oxygens (including phenoxy) is 1. The van der Waals surface area contributed by atoms with Gasteiger partial charge in [0.2, 0.25) is 5.91 Å². The quantitative estimate of drug-likeness (QED) is 0.685. The molecule has 1 aliphatic rings. The lowest BCUT2D eigenvalue weighted by Crippen LogP contribution is -2.51. The van der Waals surface area contributed by atoms with Crippen LogP contribution in [0.2, 0.25) is 0 Å². The number of nitrogens with zero attached hydrogens (tertiary/aromatic N) is 2. The number of aliphatic hydroxyl groups excluding tert-OH is 1. The van der Waals surface area contributed by atoms with Crippen molar-refractivity contribution >= 4 is 5.91 Å². The topological polar surface area (TPSA) is 65.0 Å². The first kappa shape index (κ1) is 20.3. The van der Waals surface area contributed by atoms with E-state index in [1.165, 1.54) is 0 Å². The van der Waals surface area contributed by atoms with E-state index >= 15 is 0 Å². The minimum absolute atomic E-state index is 0.0496. The van der Waals surface area contributed by atoms with Crippen LogP contribution in [0.3, 0.4) is 0 Å². The minimum Gasteiger partial charge on any atom is -0.491 e. The van der Waals surface area contributed by atoms with Crippen molar-refractivity contribution in [3.8, 4) is 5.75 Å². The van der Waals surface area contributed by atoms with Gasteiger partial charge in [0, 0.05) is 39.3 Å². The second-order valence-electron chi connectivity index (χ2n) is 7.12. The maximum Gasteiger partial charge on any atom is 0.234 e. The number of rotatable bonds is 9. The first-order valence-electron chi connectivity index (χ1n) is 9.80. The Hall–Kier alpha value is -2.41. The summed E-state index contributed by atoms with van der Waals surface area (Å²) in [6.45, 7) is 5.18. The fraction of sp³-hybridized carbons (Fsp3) is 0.409. The normalized spacial score (nSPS) is 16.5. The monoisotopic (exact) mass is 383 g/mol. The van der Waals surface area contributed by atoms with E-state index in [-0.39, 0.29) is 12.5 Å². The van der Waals surface area contributed by atoms with Crippen molar-refractivity contribution in [3.63, 3.8) is 0 Å². The van der Waals surface area contributed by atoms with Crippen molar-refractivity contribution in [2.24, 2.45) is 0 Å². The van der Waals surface area contributed by atoms with E-state index in [1.807, 2.05) is 60.7 Å². The van der Waals surface area contributed by atoms with E-state index in [0.29, 0.717) is 19.6 Å². The molecule has 1 fully saturated rings. The fourth-order valence-corrected chi connectivity index (χ4v) is 3.25. The summed E-state index contributed by atoms with van der Waals surface area (Å²) in [4.78, 5) is 16.5. The summed E-state index contributed by atoms with van der Waals surface area (Å²) in [6.07, 6.45) is -0.527. The van der Waals surface area contributed by atoms with Gasteiger partial charge in [0.15, 0.2) is 0 Å². The van der Waals surface area contributed by atoms with E-state index in [0.717, 1.165) is 37.5 Å². The van der Waals surface area contributed by atoms with Gasteiger partial charge < -0.3 is 15.2 Å². The predicted octanol–water partition coefficient (Wildman–Crippen LogP) is 1.36. The van der Waals surface area contributed by atoms with Gasteiger partial charge in [0.25, 0.3) is 0 Å². The number of piperazine rings is 1. The first-order chi connectivity index (χ1) is 13.7. The maximum absolute atomic E-state index is 12.1. The molecule has 6 heteroatoms. The molecule has 1 aliphatic heterocycles. The highest BCUT2D eigenvalue weighted by Crippen LogP contribution is 2.09. The third-order valence-corrected chi connectivity index (χ3v) is 4.82. The minimum atomic E-state index is -0.527. The van der Waals surface area contributed by atoms with Crippen LogP contribution in [0.5, 0.6) is 5.75 Å². The number of hydrogen-bond acceptors (Lipinski definition) is 5. The van der Waals surface area contributed by atoms with E-state index in [4.69, 9.17) is 4.74 Å². The Bertz CT molecular complexity index is 703. The Morgan fingerprint density at radius 2 is 1.57 bits per heavy atom. The van der Waals surface area contributed by atoms with Crippen molar-refractivity contribution in [1.82, 2.24) is 15.1 Å². The van der Waals surface area contributed by atoms with Crippen LogP contribution < -0.4 is 10.1 Å². The van der Waals surface area contributed by atoms with Crippen LogP contribution in [-0.4, -0.2) is 72.8 Å². The SMILES string of the molecule is O=C(CN1CCN(CC(O)COc2ccccc2)CC1)NCc1ccccc1. The van der Waals surface area contributed by atoms with Gasteiger partial charge >= 0.3 is 0 Å². The third kappa shape index (κ3) is 6.96. The molecule has 1 saturated heterocycles. The van der Waals surface area contributed by atoms with Gasteiger partial charge in [-0.25, -0.2) is 0 Å². The molecule has 1 unspecified atom stereocenters. The number of benzene rings is 2. The molecular weight excluding hydrogens is 354 g/mol. The van der Waals surface area contributed by atoms with Gasteiger partial charge in [-0.15, -0.1) is 0 Å². The van der Waals surface area contributed by atoms with Gasteiger partial charge in [-0.2, -0.15) is 0 Å². The van der Waals surface area contributed by atoms with E-state index in [9.17, 15) is 9.90 Å². The molecule has 1 amide bonds. The summed E-state index contributed by atoms with van der Waals surface area (Å²) in [5.41, 5.74) is 1.10. The number of carbonyl (C=O) groups is 1. The molecule has 0 bridgehead atoms. The Balaban J connectivity index is 1.30. The molecule has 1 atom stereocenters. The maximum atomic E-state index is 12.1. The average molecular weight is 383 g/mol. The number of aliphatic hydroxyl groups is 1. The van der Waals surface area contributed by atoms with Crippen LogP contribution in [0.25, 0.3) is 0 Å². The molecule has 2 aromatic rings. The first-order valence-corrected chi connectivity index (χ1v) is 9.80. The number of nitrogens with one attached hydrogen (secondary N) is 1. The Morgan fingerprint density at radius 1 is 0.964 bits per heavy atom. The molecule has 2 aromatic carbocycles. The molecule has 0 saturated carbocycles. The summed E-state index contributed by atoms with van der Waals surface area (Å²) in [5, 5.41) is 13.2. The van der Waals surface area contributed by atoms with Gasteiger partial charge in [0.05, 0.1) is 6.54 Å². The molecule has 3 rings (SSSR count). The van der Waals surface area contributed by atoms with Crippen molar-refractivity contribution in [2.45, 2.75) is 12.6 Å². The molecule has 2 N–H and O–H groups in total. The van der Waals surface area contributed by atoms with Gasteiger partial charge in [0.1, 0.15) is 18.5 Å². The second-order valence-corrected chi connectivity index (χ2v) is 7.12. The van der Waals surface area contributed by atoms with Gasteiger partial charge in [-0.05, 0) is 17.7 Å². The summed E-state index contributed by atoms with van der Waals surface area (Å²) in [7, 11) is 0. The van der Waals surface area contributed by atoms with Crippen LogP contribution in [0.1, 0.15) is 5.56 Å². The number of amides is 1. The molecule has 1 heterocycles. The van der Waals surface area contributed by atoms with E-state index in [2.05, 4.69) is 15.1 Å². The molecule has 0 aliphatic carbocycles. The Morgan fingerprint density at radius 3 is 2.25 bits per heavy atom.